The average molecular weight is 218 g/mol. The molecule has 2 N–H and O–H groups in total. The van der Waals surface area contributed by atoms with E-state index in [1.807, 2.05) is 24.3 Å². The number of aryl methyl sites for hydroxylation is 1. The van der Waals surface area contributed by atoms with Gasteiger partial charge >= 0.3 is 0 Å². The lowest BCUT2D eigenvalue weighted by Gasteiger charge is -2.02. The molecular weight excluding hydrogens is 206 g/mol. The van der Waals surface area contributed by atoms with E-state index < -0.39 is 0 Å². The Kier molecular flexibility index (Phi) is 5.23. The molecule has 0 bridgehead atoms. The Bertz CT molecular complexity index is 257. The monoisotopic (exact) mass is 217 g/mol. The fourth-order valence-corrected chi connectivity index (χ4v) is 1.52. The number of halogens is 1. The van der Waals surface area contributed by atoms with E-state index in [4.69, 9.17) is 20.9 Å². The van der Waals surface area contributed by atoms with Crippen molar-refractivity contribution >= 4 is 23.8 Å². The van der Waals surface area contributed by atoms with Gasteiger partial charge in [0.25, 0.3) is 0 Å². The Morgan fingerprint density at radius 2 is 2.15 bits per heavy atom. The van der Waals surface area contributed by atoms with Crippen LogP contribution in [-0.4, -0.2) is 6.61 Å². The van der Waals surface area contributed by atoms with Crippen molar-refractivity contribution in [2.45, 2.75) is 12.8 Å². The second-order valence-corrected chi connectivity index (χ2v) is 3.45. The summed E-state index contributed by atoms with van der Waals surface area (Å²) in [6.45, 7) is 0.659. The van der Waals surface area contributed by atoms with Crippen LogP contribution in [0.25, 0.3) is 0 Å². The summed E-state index contributed by atoms with van der Waals surface area (Å²) in [4.78, 5) is 0. The van der Waals surface area contributed by atoms with Gasteiger partial charge in [-0.15, -0.1) is 0 Å². The number of nitrogens with two attached hydrogens (primary N) is 1. The van der Waals surface area contributed by atoms with Gasteiger partial charge in [-0.1, -0.05) is 29.8 Å². The standard InChI is InChI=1S/C9H12ClNOS/c10-9-6-2-1-4-8(9)5-3-7-12-13-11/h1-2,4,6H,3,5,7,11H2. The maximum absolute atomic E-state index is 5.97. The number of hydrogen-bond acceptors (Lipinski definition) is 3. The van der Waals surface area contributed by atoms with Crippen molar-refractivity contribution in [3.8, 4) is 0 Å². The van der Waals surface area contributed by atoms with Gasteiger partial charge in [0, 0.05) is 5.02 Å². The molecule has 0 radical (unpaired) electrons. The predicted octanol–water partition coefficient (Wildman–Crippen LogP) is 2.81. The van der Waals surface area contributed by atoms with Crippen LogP contribution in [0.4, 0.5) is 0 Å². The molecule has 4 heteroatoms. The quantitative estimate of drug-likeness (QED) is 0.468. The molecule has 0 aliphatic heterocycles. The van der Waals surface area contributed by atoms with Crippen LogP contribution in [0.2, 0.25) is 5.02 Å². The molecule has 0 spiro atoms. The lowest BCUT2D eigenvalue weighted by Crippen LogP contribution is -1.94. The van der Waals surface area contributed by atoms with Crippen LogP contribution in [0.3, 0.4) is 0 Å². The van der Waals surface area contributed by atoms with Crippen molar-refractivity contribution < 1.29 is 4.18 Å². The molecule has 1 aromatic rings. The molecule has 0 unspecified atom stereocenters. The third-order valence-corrected chi connectivity index (χ3v) is 2.37. The summed E-state index contributed by atoms with van der Waals surface area (Å²) in [7, 11) is 0. The molecule has 0 aliphatic carbocycles. The maximum Gasteiger partial charge on any atom is 0.0758 e. The summed E-state index contributed by atoms with van der Waals surface area (Å²) in [6, 6.07) is 7.84. The largest absolute Gasteiger partial charge is 0.301 e. The summed E-state index contributed by atoms with van der Waals surface area (Å²) < 4.78 is 4.95. The molecule has 0 saturated heterocycles. The normalized spacial score (nSPS) is 10.3. The fourth-order valence-electron chi connectivity index (χ4n) is 1.07. The Morgan fingerprint density at radius 1 is 1.38 bits per heavy atom. The van der Waals surface area contributed by atoms with Crippen LogP contribution in [0.1, 0.15) is 12.0 Å². The fraction of sp³-hybridized carbons (Fsp3) is 0.333. The zero-order valence-electron chi connectivity index (χ0n) is 7.20. The first-order chi connectivity index (χ1) is 6.34. The summed E-state index contributed by atoms with van der Waals surface area (Å²) in [5, 5.41) is 5.93. The van der Waals surface area contributed by atoms with Crippen LogP contribution in [0.15, 0.2) is 24.3 Å². The molecule has 2 nitrogen and oxygen atoms in total. The molecular formula is C9H12ClNOS. The lowest BCUT2D eigenvalue weighted by atomic mass is 10.1. The minimum absolute atomic E-state index is 0.659. The number of rotatable bonds is 5. The highest BCUT2D eigenvalue weighted by molar-refractivity contribution is 7.92. The van der Waals surface area contributed by atoms with E-state index in [-0.39, 0.29) is 0 Å². The Morgan fingerprint density at radius 3 is 2.85 bits per heavy atom. The van der Waals surface area contributed by atoms with Gasteiger partial charge in [0.1, 0.15) is 0 Å². The topological polar surface area (TPSA) is 35.2 Å². The predicted molar refractivity (Wildman–Crippen MR) is 57.5 cm³/mol. The molecule has 0 saturated carbocycles. The minimum Gasteiger partial charge on any atom is -0.301 e. The first-order valence-corrected chi connectivity index (χ1v) is 5.24. The summed E-state index contributed by atoms with van der Waals surface area (Å²) in [6.07, 6.45) is 1.87. The lowest BCUT2D eigenvalue weighted by molar-refractivity contribution is 0.365. The summed E-state index contributed by atoms with van der Waals surface area (Å²) >= 11 is 6.87. The second kappa shape index (κ2) is 6.27. The van der Waals surface area contributed by atoms with E-state index in [2.05, 4.69) is 0 Å². The molecule has 0 fully saturated rings. The average Bonchev–Trinajstić information content (AvgIpc) is 2.15. The van der Waals surface area contributed by atoms with Crippen LogP contribution in [0.5, 0.6) is 0 Å². The van der Waals surface area contributed by atoms with Gasteiger partial charge in [0.05, 0.1) is 18.8 Å². The van der Waals surface area contributed by atoms with Gasteiger partial charge in [0.15, 0.2) is 0 Å². The highest BCUT2D eigenvalue weighted by Gasteiger charge is 1.97. The Labute approximate surface area is 87.8 Å². The number of hydrogen-bond donors (Lipinski definition) is 1. The smallest absolute Gasteiger partial charge is 0.0758 e. The molecule has 13 heavy (non-hydrogen) atoms. The van der Waals surface area contributed by atoms with Crippen LogP contribution in [0, 0.1) is 0 Å². The van der Waals surface area contributed by atoms with Crippen LogP contribution in [-0.2, 0) is 10.6 Å². The van der Waals surface area contributed by atoms with Gasteiger partial charge in [0.2, 0.25) is 0 Å². The molecule has 0 amide bonds. The molecule has 72 valence electrons. The maximum atomic E-state index is 5.97. The van der Waals surface area contributed by atoms with Crippen molar-refractivity contribution in [2.75, 3.05) is 6.61 Å². The first kappa shape index (κ1) is 10.9. The summed E-state index contributed by atoms with van der Waals surface area (Å²) in [5.74, 6) is 0. The zero-order chi connectivity index (χ0) is 9.52. The highest BCUT2D eigenvalue weighted by Crippen LogP contribution is 2.16. The molecule has 1 rings (SSSR count). The SMILES string of the molecule is NSOCCCc1ccccc1Cl. The highest BCUT2D eigenvalue weighted by atomic mass is 35.5. The van der Waals surface area contributed by atoms with Crippen LogP contribution < -0.4 is 5.14 Å². The van der Waals surface area contributed by atoms with E-state index in [0.29, 0.717) is 6.61 Å². The summed E-state index contributed by atoms with van der Waals surface area (Å²) in [5.41, 5.74) is 1.16. The van der Waals surface area contributed by atoms with Crippen molar-refractivity contribution in [3.05, 3.63) is 34.9 Å². The van der Waals surface area contributed by atoms with Crippen molar-refractivity contribution in [1.29, 1.82) is 0 Å². The van der Waals surface area contributed by atoms with Crippen molar-refractivity contribution in [1.82, 2.24) is 0 Å². The van der Waals surface area contributed by atoms with Crippen molar-refractivity contribution in [2.24, 2.45) is 5.14 Å². The zero-order valence-corrected chi connectivity index (χ0v) is 8.77. The van der Waals surface area contributed by atoms with Gasteiger partial charge in [-0.3, -0.25) is 5.14 Å². The molecule has 0 heterocycles. The Balaban J connectivity index is 2.32. The van der Waals surface area contributed by atoms with E-state index in [0.717, 1.165) is 35.7 Å². The minimum atomic E-state index is 0.659. The van der Waals surface area contributed by atoms with Crippen LogP contribution >= 0.6 is 23.8 Å². The molecule has 0 aliphatic rings. The van der Waals surface area contributed by atoms with E-state index >= 15 is 0 Å². The second-order valence-electron chi connectivity index (χ2n) is 2.61. The molecule has 0 atom stereocenters. The third-order valence-electron chi connectivity index (χ3n) is 1.70. The van der Waals surface area contributed by atoms with Crippen molar-refractivity contribution in [3.63, 3.8) is 0 Å². The van der Waals surface area contributed by atoms with Gasteiger partial charge in [-0.05, 0) is 24.5 Å². The van der Waals surface area contributed by atoms with Gasteiger partial charge in [-0.25, -0.2) is 0 Å². The Hall–Kier alpha value is -0.220. The van der Waals surface area contributed by atoms with E-state index in [1.54, 1.807) is 0 Å². The first-order valence-electron chi connectivity index (χ1n) is 4.06. The van der Waals surface area contributed by atoms with E-state index in [9.17, 15) is 0 Å². The van der Waals surface area contributed by atoms with Gasteiger partial charge < -0.3 is 4.18 Å². The molecule has 1 aromatic carbocycles. The van der Waals surface area contributed by atoms with E-state index in [1.165, 1.54) is 0 Å². The van der Waals surface area contributed by atoms with Gasteiger partial charge in [-0.2, -0.15) is 0 Å². The molecule has 0 aromatic heterocycles. The number of benzene rings is 1. The third kappa shape index (κ3) is 4.00.